The number of H-pyrrole nitrogens is 1. The molecule has 4 aromatic carbocycles. The number of benzene rings is 4. The Kier molecular flexibility index (Phi) is 8.00. The van der Waals surface area contributed by atoms with Gasteiger partial charge in [-0.1, -0.05) is 84.9 Å². The SMILES string of the molecule is O=C(O)C(F)(F)F.c1ccc(CNCc2ccc(-c3cccc(-c4nc5ccccc5[nH]4)c3)cc2)cc1. The zero-order chi connectivity index (χ0) is 26.3. The summed E-state index contributed by atoms with van der Waals surface area (Å²) in [5, 5.41) is 10.6. The Morgan fingerprint density at radius 1 is 0.757 bits per heavy atom. The highest BCUT2D eigenvalue weighted by Crippen LogP contribution is 2.26. The molecule has 0 radical (unpaired) electrons. The fourth-order valence-electron chi connectivity index (χ4n) is 3.70. The van der Waals surface area contributed by atoms with Crippen molar-refractivity contribution < 1.29 is 23.1 Å². The molecule has 0 amide bonds. The van der Waals surface area contributed by atoms with Crippen LogP contribution in [0.4, 0.5) is 13.2 Å². The lowest BCUT2D eigenvalue weighted by Crippen LogP contribution is -2.21. The first-order valence-corrected chi connectivity index (χ1v) is 11.5. The molecule has 3 N–H and O–H groups in total. The summed E-state index contributed by atoms with van der Waals surface area (Å²) >= 11 is 0. The standard InChI is InChI=1S/C27H23N3.C2HF3O2/c1-2-7-20(8-3-1)18-28-19-21-13-15-22(16-14-21)23-9-6-10-24(17-23)27-29-25-11-4-5-12-26(25)30-27;3-2(4,5)1(6)7/h1-17,28H,18-19H2,(H,29,30);(H,6,7). The van der Waals surface area contributed by atoms with Crippen molar-refractivity contribution in [1.82, 2.24) is 15.3 Å². The molecule has 0 atom stereocenters. The number of fused-ring (bicyclic) bond motifs is 1. The summed E-state index contributed by atoms with van der Waals surface area (Å²) in [4.78, 5) is 17.0. The quantitative estimate of drug-likeness (QED) is 0.238. The summed E-state index contributed by atoms with van der Waals surface area (Å²) in [7, 11) is 0. The summed E-state index contributed by atoms with van der Waals surface area (Å²) in [6.07, 6.45) is -5.08. The molecule has 0 aliphatic heterocycles. The molecule has 8 heteroatoms. The van der Waals surface area contributed by atoms with Crippen LogP contribution in [0.2, 0.25) is 0 Å². The molecule has 0 aliphatic rings. The number of rotatable bonds is 6. The van der Waals surface area contributed by atoms with Crippen LogP contribution in [0.25, 0.3) is 33.5 Å². The summed E-state index contributed by atoms with van der Waals surface area (Å²) in [5.41, 5.74) is 8.13. The van der Waals surface area contributed by atoms with Crippen molar-refractivity contribution in [3.8, 4) is 22.5 Å². The number of alkyl halides is 3. The van der Waals surface area contributed by atoms with Gasteiger partial charge in [-0.25, -0.2) is 9.78 Å². The molecule has 0 aliphatic carbocycles. The number of carboxylic acid groups (broad SMARTS) is 1. The number of aliphatic carboxylic acids is 1. The van der Waals surface area contributed by atoms with Crippen molar-refractivity contribution in [3.05, 3.63) is 114 Å². The third-order valence-corrected chi connectivity index (χ3v) is 5.56. The van der Waals surface area contributed by atoms with Crippen molar-refractivity contribution in [2.75, 3.05) is 0 Å². The van der Waals surface area contributed by atoms with Crippen LogP contribution in [0.5, 0.6) is 0 Å². The molecule has 1 heterocycles. The lowest BCUT2D eigenvalue weighted by molar-refractivity contribution is -0.192. The molecule has 5 nitrogen and oxygen atoms in total. The summed E-state index contributed by atoms with van der Waals surface area (Å²) in [5.74, 6) is -1.85. The Bertz CT molecular complexity index is 1430. The van der Waals surface area contributed by atoms with E-state index in [1.54, 1.807) is 0 Å². The lowest BCUT2D eigenvalue weighted by atomic mass is 10.0. The fourth-order valence-corrected chi connectivity index (χ4v) is 3.70. The van der Waals surface area contributed by atoms with E-state index < -0.39 is 12.1 Å². The van der Waals surface area contributed by atoms with Gasteiger partial charge in [-0.3, -0.25) is 0 Å². The van der Waals surface area contributed by atoms with Gasteiger partial charge in [0.25, 0.3) is 0 Å². The maximum Gasteiger partial charge on any atom is 0.490 e. The molecular weight excluding hydrogens is 479 g/mol. The number of hydrogen-bond acceptors (Lipinski definition) is 3. The van der Waals surface area contributed by atoms with Crippen LogP contribution < -0.4 is 5.32 Å². The number of carboxylic acids is 1. The van der Waals surface area contributed by atoms with E-state index in [2.05, 4.69) is 89.2 Å². The van der Waals surface area contributed by atoms with Crippen molar-refractivity contribution in [2.24, 2.45) is 0 Å². The molecule has 188 valence electrons. The van der Waals surface area contributed by atoms with E-state index in [4.69, 9.17) is 14.9 Å². The number of aromatic amines is 1. The second kappa shape index (κ2) is 11.5. The van der Waals surface area contributed by atoms with Gasteiger partial charge in [-0.2, -0.15) is 13.2 Å². The molecule has 0 bridgehead atoms. The van der Waals surface area contributed by atoms with Crippen LogP contribution in [-0.4, -0.2) is 27.2 Å². The Morgan fingerprint density at radius 2 is 1.35 bits per heavy atom. The molecule has 0 unspecified atom stereocenters. The lowest BCUT2D eigenvalue weighted by Gasteiger charge is -2.08. The third-order valence-electron chi connectivity index (χ3n) is 5.56. The van der Waals surface area contributed by atoms with Gasteiger partial charge in [-0.05, 0) is 40.5 Å². The Hall–Kier alpha value is -4.43. The zero-order valence-corrected chi connectivity index (χ0v) is 19.7. The summed E-state index contributed by atoms with van der Waals surface area (Å²) in [6.45, 7) is 1.73. The van der Waals surface area contributed by atoms with Gasteiger partial charge < -0.3 is 15.4 Å². The van der Waals surface area contributed by atoms with E-state index >= 15 is 0 Å². The highest BCUT2D eigenvalue weighted by Gasteiger charge is 2.38. The predicted octanol–water partition coefficient (Wildman–Crippen LogP) is 6.82. The third kappa shape index (κ3) is 7.05. The van der Waals surface area contributed by atoms with Crippen LogP contribution >= 0.6 is 0 Å². The summed E-state index contributed by atoms with van der Waals surface area (Å²) in [6, 6.07) is 35.9. The molecule has 37 heavy (non-hydrogen) atoms. The van der Waals surface area contributed by atoms with Crippen LogP contribution in [-0.2, 0) is 17.9 Å². The zero-order valence-electron chi connectivity index (χ0n) is 19.7. The number of para-hydroxylation sites is 2. The number of aromatic nitrogens is 2. The topological polar surface area (TPSA) is 78.0 Å². The average molecular weight is 504 g/mol. The van der Waals surface area contributed by atoms with Gasteiger partial charge in [0, 0.05) is 18.7 Å². The number of nitrogens with zero attached hydrogens (tertiary/aromatic N) is 1. The van der Waals surface area contributed by atoms with Crippen LogP contribution in [0.1, 0.15) is 11.1 Å². The number of halogens is 3. The van der Waals surface area contributed by atoms with Gasteiger partial charge in [0.05, 0.1) is 11.0 Å². The Balaban J connectivity index is 0.000000405. The molecule has 5 rings (SSSR count). The van der Waals surface area contributed by atoms with Crippen molar-refractivity contribution in [1.29, 1.82) is 0 Å². The molecule has 0 saturated carbocycles. The van der Waals surface area contributed by atoms with Crippen molar-refractivity contribution >= 4 is 17.0 Å². The number of hydrogen-bond donors (Lipinski definition) is 3. The Morgan fingerprint density at radius 3 is 2.00 bits per heavy atom. The predicted molar refractivity (Wildman–Crippen MR) is 138 cm³/mol. The van der Waals surface area contributed by atoms with Crippen LogP contribution in [0.15, 0.2) is 103 Å². The minimum atomic E-state index is -5.08. The molecule has 0 spiro atoms. The highest BCUT2D eigenvalue weighted by atomic mass is 19.4. The number of imidazole rings is 1. The van der Waals surface area contributed by atoms with Gasteiger partial charge in [0.15, 0.2) is 0 Å². The highest BCUT2D eigenvalue weighted by molar-refractivity contribution is 5.80. The molecular formula is C29H24F3N3O2. The average Bonchev–Trinajstić information content (AvgIpc) is 3.34. The van der Waals surface area contributed by atoms with Gasteiger partial charge in [-0.15, -0.1) is 0 Å². The van der Waals surface area contributed by atoms with E-state index in [1.165, 1.54) is 22.3 Å². The van der Waals surface area contributed by atoms with E-state index in [1.807, 2.05) is 24.3 Å². The molecule has 0 saturated heterocycles. The normalized spacial score (nSPS) is 11.1. The second-order valence-corrected chi connectivity index (χ2v) is 8.27. The smallest absolute Gasteiger partial charge is 0.475 e. The van der Waals surface area contributed by atoms with E-state index in [0.29, 0.717) is 0 Å². The van der Waals surface area contributed by atoms with E-state index in [-0.39, 0.29) is 0 Å². The number of carbonyl (C=O) groups is 1. The fraction of sp³-hybridized carbons (Fsp3) is 0.103. The molecule has 1 aromatic heterocycles. The van der Waals surface area contributed by atoms with Crippen molar-refractivity contribution in [2.45, 2.75) is 19.3 Å². The van der Waals surface area contributed by atoms with Gasteiger partial charge >= 0.3 is 12.1 Å². The van der Waals surface area contributed by atoms with Gasteiger partial charge in [0.1, 0.15) is 5.82 Å². The maximum atomic E-state index is 10.6. The minimum Gasteiger partial charge on any atom is -0.475 e. The summed E-state index contributed by atoms with van der Waals surface area (Å²) < 4.78 is 31.7. The monoisotopic (exact) mass is 503 g/mol. The van der Waals surface area contributed by atoms with Crippen LogP contribution in [0.3, 0.4) is 0 Å². The van der Waals surface area contributed by atoms with E-state index in [9.17, 15) is 13.2 Å². The first kappa shape index (κ1) is 25.7. The molecule has 5 aromatic rings. The second-order valence-electron chi connectivity index (χ2n) is 8.27. The van der Waals surface area contributed by atoms with Crippen molar-refractivity contribution in [3.63, 3.8) is 0 Å². The first-order valence-electron chi connectivity index (χ1n) is 11.5. The van der Waals surface area contributed by atoms with Crippen LogP contribution in [0, 0.1) is 0 Å². The van der Waals surface area contributed by atoms with E-state index in [0.717, 1.165) is 35.5 Å². The largest absolute Gasteiger partial charge is 0.490 e. The minimum absolute atomic E-state index is 0.855. The number of nitrogens with one attached hydrogen (secondary N) is 2. The van der Waals surface area contributed by atoms with Gasteiger partial charge in [0.2, 0.25) is 0 Å². The Labute approximate surface area is 211 Å². The molecule has 0 fully saturated rings. The first-order chi connectivity index (χ1) is 17.8. The maximum absolute atomic E-state index is 10.6.